The van der Waals surface area contributed by atoms with Crippen LogP contribution < -0.4 is 0 Å². The molecule has 0 fully saturated rings. The Morgan fingerprint density at radius 2 is 1.72 bits per heavy atom. The van der Waals surface area contributed by atoms with Crippen LogP contribution in [0.15, 0.2) is 59.8 Å². The van der Waals surface area contributed by atoms with Crippen molar-refractivity contribution >= 4 is 17.7 Å². The quantitative estimate of drug-likeness (QED) is 0.634. The van der Waals surface area contributed by atoms with Crippen LogP contribution in [-0.2, 0) is 17.6 Å². The van der Waals surface area contributed by atoms with Crippen LogP contribution in [0.25, 0.3) is 5.69 Å². The van der Waals surface area contributed by atoms with E-state index in [4.69, 9.17) is 5.11 Å². The summed E-state index contributed by atoms with van der Waals surface area (Å²) in [5.41, 5.74) is 1.72. The number of hydrogen-bond donors (Lipinski definition) is 2. The Hall–Kier alpha value is -2.80. The van der Waals surface area contributed by atoms with E-state index in [2.05, 4.69) is 10.2 Å². The zero-order chi connectivity index (χ0) is 17.6. The van der Waals surface area contributed by atoms with Gasteiger partial charge in [-0.05, 0) is 30.2 Å². The fraction of sp³-hybridized carbons (Fsp3) is 0.167. The minimum Gasteiger partial charge on any atom is -0.508 e. The number of aromatic hydroxyl groups is 1. The molecular weight excluding hydrogens is 338 g/mol. The Kier molecular flexibility index (Phi) is 5.35. The molecule has 6 nitrogen and oxygen atoms in total. The van der Waals surface area contributed by atoms with E-state index >= 15 is 0 Å². The maximum absolute atomic E-state index is 10.9. The van der Waals surface area contributed by atoms with E-state index < -0.39 is 5.97 Å². The van der Waals surface area contributed by atoms with Crippen LogP contribution in [0.2, 0.25) is 0 Å². The number of thioether (sulfide) groups is 1. The van der Waals surface area contributed by atoms with Gasteiger partial charge in [0, 0.05) is 12.1 Å². The molecule has 3 aromatic rings. The summed E-state index contributed by atoms with van der Waals surface area (Å²) in [4.78, 5) is 10.9. The number of carboxylic acids is 1. The van der Waals surface area contributed by atoms with Crippen LogP contribution in [0.1, 0.15) is 11.4 Å². The highest BCUT2D eigenvalue weighted by atomic mass is 32.2. The molecule has 0 atom stereocenters. The molecule has 0 saturated carbocycles. The molecular formula is C18H17N3O3S. The average molecular weight is 355 g/mol. The lowest BCUT2D eigenvalue weighted by Gasteiger charge is -2.10. The highest BCUT2D eigenvalue weighted by Gasteiger charge is 2.16. The number of aromatic nitrogens is 3. The van der Waals surface area contributed by atoms with Gasteiger partial charge in [0.1, 0.15) is 11.6 Å². The van der Waals surface area contributed by atoms with Crippen molar-refractivity contribution < 1.29 is 15.0 Å². The largest absolute Gasteiger partial charge is 0.508 e. The number of aryl methyl sites for hydroxylation is 2. The van der Waals surface area contributed by atoms with E-state index in [1.54, 1.807) is 12.1 Å². The van der Waals surface area contributed by atoms with Gasteiger partial charge in [0.2, 0.25) is 0 Å². The van der Waals surface area contributed by atoms with E-state index in [9.17, 15) is 9.90 Å². The first-order valence-corrected chi connectivity index (χ1v) is 8.75. The Morgan fingerprint density at radius 1 is 1.00 bits per heavy atom. The lowest BCUT2D eigenvalue weighted by atomic mass is 10.1. The Morgan fingerprint density at radius 3 is 2.44 bits per heavy atom. The molecule has 0 unspecified atom stereocenters. The fourth-order valence-corrected chi connectivity index (χ4v) is 3.18. The number of benzene rings is 2. The molecule has 0 aliphatic rings. The van der Waals surface area contributed by atoms with Crippen molar-refractivity contribution in [1.82, 2.24) is 14.8 Å². The molecule has 0 saturated heterocycles. The van der Waals surface area contributed by atoms with Crippen LogP contribution in [0, 0.1) is 0 Å². The first-order valence-electron chi connectivity index (χ1n) is 7.76. The Labute approximate surface area is 149 Å². The van der Waals surface area contributed by atoms with Gasteiger partial charge >= 0.3 is 5.97 Å². The van der Waals surface area contributed by atoms with E-state index in [0.717, 1.165) is 28.8 Å². The van der Waals surface area contributed by atoms with Gasteiger partial charge in [-0.1, -0.05) is 48.2 Å². The number of nitrogens with zero attached hydrogens (tertiary/aromatic N) is 3. The average Bonchev–Trinajstić information content (AvgIpc) is 3.03. The summed E-state index contributed by atoms with van der Waals surface area (Å²) < 4.78 is 1.87. The van der Waals surface area contributed by atoms with Crippen LogP contribution in [-0.4, -0.2) is 36.7 Å². The van der Waals surface area contributed by atoms with Crippen molar-refractivity contribution in [2.75, 3.05) is 5.75 Å². The summed E-state index contributed by atoms with van der Waals surface area (Å²) in [6.45, 7) is 0. The molecule has 0 radical (unpaired) electrons. The van der Waals surface area contributed by atoms with Crippen LogP contribution in [0.3, 0.4) is 0 Å². The summed E-state index contributed by atoms with van der Waals surface area (Å²) >= 11 is 1.14. The highest BCUT2D eigenvalue weighted by Crippen LogP contribution is 2.24. The lowest BCUT2D eigenvalue weighted by molar-refractivity contribution is -0.133. The summed E-state index contributed by atoms with van der Waals surface area (Å²) in [5, 5.41) is 27.8. The molecule has 128 valence electrons. The predicted octanol–water partition coefficient (Wildman–Crippen LogP) is 2.93. The normalized spacial score (nSPS) is 10.7. The first-order chi connectivity index (χ1) is 12.1. The number of aliphatic carboxylic acids is 1. The predicted molar refractivity (Wildman–Crippen MR) is 95.2 cm³/mol. The summed E-state index contributed by atoms with van der Waals surface area (Å²) in [6, 6.07) is 16.8. The molecule has 25 heavy (non-hydrogen) atoms. The van der Waals surface area contributed by atoms with Crippen molar-refractivity contribution in [3.05, 3.63) is 66.0 Å². The molecule has 2 N–H and O–H groups in total. The molecule has 7 heteroatoms. The lowest BCUT2D eigenvalue weighted by Crippen LogP contribution is -2.06. The number of phenols is 1. The second-order valence-corrected chi connectivity index (χ2v) is 6.32. The number of phenolic OH excluding ortho intramolecular Hbond substituents is 1. The topological polar surface area (TPSA) is 88.2 Å². The maximum Gasteiger partial charge on any atom is 0.313 e. The number of para-hydroxylation sites is 2. The van der Waals surface area contributed by atoms with Gasteiger partial charge in [0.15, 0.2) is 5.16 Å². The van der Waals surface area contributed by atoms with Gasteiger partial charge in [0.25, 0.3) is 0 Å². The molecule has 2 aromatic carbocycles. The zero-order valence-electron chi connectivity index (χ0n) is 13.4. The third-order valence-electron chi connectivity index (χ3n) is 3.65. The number of hydrogen-bond acceptors (Lipinski definition) is 5. The van der Waals surface area contributed by atoms with Gasteiger partial charge in [-0.3, -0.25) is 9.36 Å². The molecule has 0 bridgehead atoms. The summed E-state index contributed by atoms with van der Waals surface area (Å²) in [5.74, 6) is 0.00391. The van der Waals surface area contributed by atoms with Crippen molar-refractivity contribution in [3.8, 4) is 11.4 Å². The van der Waals surface area contributed by atoms with E-state index in [0.29, 0.717) is 18.0 Å². The molecule has 0 aliphatic carbocycles. The van der Waals surface area contributed by atoms with Crippen molar-refractivity contribution in [3.63, 3.8) is 0 Å². The Bertz CT molecular complexity index is 865. The smallest absolute Gasteiger partial charge is 0.313 e. The maximum atomic E-state index is 10.9. The molecule has 1 heterocycles. The van der Waals surface area contributed by atoms with E-state index in [1.807, 2.05) is 47.0 Å². The highest BCUT2D eigenvalue weighted by molar-refractivity contribution is 7.99. The molecule has 0 aliphatic heterocycles. The van der Waals surface area contributed by atoms with Crippen LogP contribution in [0.5, 0.6) is 5.75 Å². The van der Waals surface area contributed by atoms with Gasteiger partial charge in [0.05, 0.1) is 5.75 Å². The number of carboxylic acid groups (broad SMARTS) is 1. The first kappa shape index (κ1) is 17.0. The van der Waals surface area contributed by atoms with Gasteiger partial charge in [-0.15, -0.1) is 10.2 Å². The second kappa shape index (κ2) is 7.85. The zero-order valence-corrected chi connectivity index (χ0v) is 14.2. The standard InChI is InChI=1S/C18H17N3O3S/c22-15-9-5-4-6-13(15)10-11-16-19-20-18(25-12-17(23)24)21(16)14-7-2-1-3-8-14/h1-9,22H,10-12H2,(H,23,24). The molecule has 0 spiro atoms. The van der Waals surface area contributed by atoms with Crippen molar-refractivity contribution in [1.29, 1.82) is 0 Å². The molecule has 1 aromatic heterocycles. The molecule has 0 amide bonds. The third kappa shape index (κ3) is 4.19. The minimum absolute atomic E-state index is 0.0789. The SMILES string of the molecule is O=C(O)CSc1nnc(CCc2ccccc2O)n1-c1ccccc1. The van der Waals surface area contributed by atoms with E-state index in [-0.39, 0.29) is 11.5 Å². The number of rotatable bonds is 7. The van der Waals surface area contributed by atoms with Crippen molar-refractivity contribution in [2.45, 2.75) is 18.0 Å². The second-order valence-electron chi connectivity index (χ2n) is 5.38. The van der Waals surface area contributed by atoms with E-state index in [1.165, 1.54) is 0 Å². The number of carbonyl (C=O) groups is 1. The third-order valence-corrected chi connectivity index (χ3v) is 4.56. The van der Waals surface area contributed by atoms with Gasteiger partial charge < -0.3 is 10.2 Å². The monoisotopic (exact) mass is 355 g/mol. The van der Waals surface area contributed by atoms with Gasteiger partial charge in [-0.2, -0.15) is 0 Å². The Balaban J connectivity index is 1.88. The van der Waals surface area contributed by atoms with Crippen LogP contribution in [0.4, 0.5) is 0 Å². The minimum atomic E-state index is -0.900. The fourth-order valence-electron chi connectivity index (χ4n) is 2.49. The summed E-state index contributed by atoms with van der Waals surface area (Å²) in [7, 11) is 0. The summed E-state index contributed by atoms with van der Waals surface area (Å²) in [6.07, 6.45) is 1.19. The van der Waals surface area contributed by atoms with Crippen LogP contribution >= 0.6 is 11.8 Å². The van der Waals surface area contributed by atoms with Crippen molar-refractivity contribution in [2.24, 2.45) is 0 Å². The molecule has 3 rings (SSSR count). The van der Waals surface area contributed by atoms with Gasteiger partial charge in [-0.25, -0.2) is 0 Å².